The van der Waals surface area contributed by atoms with Crippen LogP contribution in [-0.2, 0) is 14.3 Å². The van der Waals surface area contributed by atoms with E-state index in [0.29, 0.717) is 17.4 Å². The first-order valence-electron chi connectivity index (χ1n) is 9.43. The number of ether oxygens (including phenoxy) is 2. The number of rotatable bonds is 6. The number of hydrogen-bond acceptors (Lipinski definition) is 7. The normalized spacial score (nSPS) is 14.2. The van der Waals surface area contributed by atoms with Gasteiger partial charge in [0.1, 0.15) is 16.8 Å². The molecule has 0 atom stereocenters. The topological polar surface area (TPSA) is 110 Å². The molecule has 2 aromatic rings. The van der Waals surface area contributed by atoms with Crippen molar-refractivity contribution in [1.29, 1.82) is 0 Å². The molecule has 0 radical (unpaired) electrons. The molecule has 32 heavy (non-hydrogen) atoms. The number of carboxylic acids is 1. The van der Waals surface area contributed by atoms with Crippen LogP contribution in [0.25, 0.3) is 10.6 Å². The molecule has 1 saturated heterocycles. The molecule has 0 aliphatic carbocycles. The summed E-state index contributed by atoms with van der Waals surface area (Å²) in [5, 5.41) is 16.1. The summed E-state index contributed by atoms with van der Waals surface area (Å²) in [6.45, 7) is 2.58. The molecule has 1 aromatic heterocycles. The molecular weight excluding hydrogens is 475 g/mol. The van der Waals surface area contributed by atoms with Gasteiger partial charge in [-0.1, -0.05) is 23.7 Å². The van der Waals surface area contributed by atoms with Gasteiger partial charge in [0.15, 0.2) is 0 Å². The highest BCUT2D eigenvalue weighted by Crippen LogP contribution is 2.31. The van der Waals surface area contributed by atoms with Gasteiger partial charge in [0.2, 0.25) is 0 Å². The highest BCUT2D eigenvalue weighted by molar-refractivity contribution is 7.13. The zero-order chi connectivity index (χ0) is 23.6. The number of aliphatic carboxylic acids is 1. The van der Waals surface area contributed by atoms with Gasteiger partial charge < -0.3 is 19.9 Å². The van der Waals surface area contributed by atoms with Gasteiger partial charge in [0.05, 0.1) is 18.4 Å². The van der Waals surface area contributed by atoms with Crippen LogP contribution in [0.1, 0.15) is 12.8 Å². The Morgan fingerprint density at radius 2 is 1.91 bits per heavy atom. The first kappa shape index (κ1) is 25.8. The molecular formula is C19H21ClF3N3O5S. The number of benzene rings is 1. The molecule has 0 bridgehead atoms. The van der Waals surface area contributed by atoms with Crippen molar-refractivity contribution in [1.82, 2.24) is 10.3 Å². The minimum absolute atomic E-state index is 0.223. The molecule has 0 spiro atoms. The second-order valence-electron chi connectivity index (χ2n) is 6.40. The Bertz CT molecular complexity index is 891. The summed E-state index contributed by atoms with van der Waals surface area (Å²) in [5.41, 5.74) is 1.44. The minimum atomic E-state index is -5.08. The van der Waals surface area contributed by atoms with Crippen LogP contribution in [0.5, 0.6) is 0 Å². The summed E-state index contributed by atoms with van der Waals surface area (Å²) >= 11 is 7.31. The summed E-state index contributed by atoms with van der Waals surface area (Å²) in [7, 11) is 0. The summed E-state index contributed by atoms with van der Waals surface area (Å²) in [4.78, 5) is 25.1. The van der Waals surface area contributed by atoms with Crippen LogP contribution >= 0.6 is 22.9 Å². The number of amides is 1. The number of carbonyl (C=O) groups is 2. The Morgan fingerprint density at radius 1 is 1.25 bits per heavy atom. The van der Waals surface area contributed by atoms with Crippen molar-refractivity contribution in [2.45, 2.75) is 25.1 Å². The number of hydrogen-bond donors (Lipinski definition) is 3. The van der Waals surface area contributed by atoms with E-state index in [2.05, 4.69) is 15.6 Å². The van der Waals surface area contributed by atoms with Gasteiger partial charge in [-0.15, -0.1) is 11.3 Å². The maximum atomic E-state index is 12.0. The minimum Gasteiger partial charge on any atom is -0.475 e. The molecule has 0 saturated carbocycles. The third-order valence-corrected chi connectivity index (χ3v) is 5.27. The molecule has 176 valence electrons. The number of halogens is 4. The highest BCUT2D eigenvalue weighted by Gasteiger charge is 2.38. The van der Waals surface area contributed by atoms with Crippen LogP contribution in [0.2, 0.25) is 5.15 Å². The number of anilines is 1. The Kier molecular flexibility index (Phi) is 10.2. The molecule has 1 aliphatic rings. The number of alkyl halides is 3. The van der Waals surface area contributed by atoms with E-state index in [1.807, 2.05) is 18.2 Å². The van der Waals surface area contributed by atoms with Gasteiger partial charge in [-0.3, -0.25) is 5.32 Å². The number of carboxylic acid groups (broad SMARTS) is 1. The number of carbonyl (C=O) groups excluding carboxylic acids is 1. The van der Waals surface area contributed by atoms with E-state index >= 15 is 0 Å². The molecule has 13 heteroatoms. The standard InChI is InChI=1S/C17H20ClN3O3S.C2HF3O2/c18-15-11-25-16(21-15)13-3-1-2-4-14(13)20-17(22)24-10-9-23-12-5-7-19-8-6-12;3-2(4,5)1(6)7/h1-4,11-12,19H,5-10H2,(H,20,22);(H,6,7). The average molecular weight is 496 g/mol. The lowest BCUT2D eigenvalue weighted by molar-refractivity contribution is -0.192. The predicted octanol–water partition coefficient (Wildman–Crippen LogP) is 4.41. The lowest BCUT2D eigenvalue weighted by atomic mass is 10.1. The van der Waals surface area contributed by atoms with Crippen molar-refractivity contribution >= 4 is 40.7 Å². The third-order valence-electron chi connectivity index (χ3n) is 4.07. The van der Waals surface area contributed by atoms with Crippen LogP contribution in [-0.4, -0.2) is 60.7 Å². The van der Waals surface area contributed by atoms with Crippen molar-refractivity contribution in [2.75, 3.05) is 31.6 Å². The molecule has 0 unspecified atom stereocenters. The largest absolute Gasteiger partial charge is 0.490 e. The summed E-state index contributed by atoms with van der Waals surface area (Å²) in [6, 6.07) is 7.41. The Morgan fingerprint density at radius 3 is 2.50 bits per heavy atom. The number of para-hydroxylation sites is 1. The van der Waals surface area contributed by atoms with Gasteiger partial charge in [-0.05, 0) is 38.1 Å². The third kappa shape index (κ3) is 8.99. The van der Waals surface area contributed by atoms with Crippen molar-refractivity contribution in [3.8, 4) is 10.6 Å². The summed E-state index contributed by atoms with van der Waals surface area (Å²) in [6.07, 6.45) is -3.35. The van der Waals surface area contributed by atoms with Gasteiger partial charge >= 0.3 is 18.2 Å². The monoisotopic (exact) mass is 495 g/mol. The van der Waals surface area contributed by atoms with E-state index in [0.717, 1.165) is 36.5 Å². The quantitative estimate of drug-likeness (QED) is 0.509. The van der Waals surface area contributed by atoms with Crippen LogP contribution in [0.15, 0.2) is 29.6 Å². The van der Waals surface area contributed by atoms with E-state index in [1.165, 1.54) is 11.3 Å². The fourth-order valence-electron chi connectivity index (χ4n) is 2.61. The van der Waals surface area contributed by atoms with Gasteiger partial charge in [0, 0.05) is 10.9 Å². The molecule has 1 aromatic carbocycles. The second-order valence-corrected chi connectivity index (χ2v) is 7.65. The van der Waals surface area contributed by atoms with Crippen molar-refractivity contribution in [2.24, 2.45) is 0 Å². The van der Waals surface area contributed by atoms with Crippen LogP contribution in [0.4, 0.5) is 23.7 Å². The van der Waals surface area contributed by atoms with E-state index in [-0.39, 0.29) is 12.7 Å². The molecule has 1 aliphatic heterocycles. The van der Waals surface area contributed by atoms with Crippen LogP contribution in [0.3, 0.4) is 0 Å². The Balaban J connectivity index is 0.000000451. The fourth-order valence-corrected chi connectivity index (χ4v) is 3.60. The summed E-state index contributed by atoms with van der Waals surface area (Å²) in [5.74, 6) is -2.76. The number of piperidine rings is 1. The number of thiazole rings is 1. The number of nitrogens with one attached hydrogen (secondary N) is 2. The fraction of sp³-hybridized carbons (Fsp3) is 0.421. The van der Waals surface area contributed by atoms with Crippen molar-refractivity contribution in [3.63, 3.8) is 0 Å². The zero-order valence-electron chi connectivity index (χ0n) is 16.7. The molecule has 8 nitrogen and oxygen atoms in total. The van der Waals surface area contributed by atoms with Crippen LogP contribution in [0, 0.1) is 0 Å². The summed E-state index contributed by atoms with van der Waals surface area (Å²) < 4.78 is 42.6. The van der Waals surface area contributed by atoms with Gasteiger partial charge in [-0.25, -0.2) is 14.6 Å². The highest BCUT2D eigenvalue weighted by atomic mass is 35.5. The van der Waals surface area contributed by atoms with Crippen molar-refractivity contribution < 1.29 is 37.3 Å². The maximum absolute atomic E-state index is 12.0. The van der Waals surface area contributed by atoms with E-state index in [4.69, 9.17) is 31.0 Å². The second kappa shape index (κ2) is 12.6. The predicted molar refractivity (Wildman–Crippen MR) is 113 cm³/mol. The molecule has 3 N–H and O–H groups in total. The average Bonchev–Trinajstić information content (AvgIpc) is 3.18. The maximum Gasteiger partial charge on any atom is 0.490 e. The molecule has 2 heterocycles. The molecule has 1 amide bonds. The number of nitrogens with zero attached hydrogens (tertiary/aromatic N) is 1. The Hall–Kier alpha value is -2.41. The Labute approximate surface area is 190 Å². The lowest BCUT2D eigenvalue weighted by Gasteiger charge is -2.22. The first-order chi connectivity index (χ1) is 15.2. The lowest BCUT2D eigenvalue weighted by Crippen LogP contribution is -2.33. The SMILES string of the molecule is O=C(Nc1ccccc1-c1nc(Cl)cs1)OCCOC1CCNCC1.O=C(O)C(F)(F)F. The molecule has 3 rings (SSSR count). The zero-order valence-corrected chi connectivity index (χ0v) is 18.2. The first-order valence-corrected chi connectivity index (χ1v) is 10.7. The van der Waals surface area contributed by atoms with E-state index in [9.17, 15) is 18.0 Å². The van der Waals surface area contributed by atoms with Gasteiger partial charge in [-0.2, -0.15) is 13.2 Å². The van der Waals surface area contributed by atoms with Gasteiger partial charge in [0.25, 0.3) is 0 Å². The van der Waals surface area contributed by atoms with E-state index in [1.54, 1.807) is 11.4 Å². The molecule has 1 fully saturated rings. The van der Waals surface area contributed by atoms with E-state index < -0.39 is 18.2 Å². The number of aromatic nitrogens is 1. The smallest absolute Gasteiger partial charge is 0.475 e. The van der Waals surface area contributed by atoms with Crippen molar-refractivity contribution in [3.05, 3.63) is 34.8 Å². The van der Waals surface area contributed by atoms with Crippen LogP contribution < -0.4 is 10.6 Å².